The summed E-state index contributed by atoms with van der Waals surface area (Å²) in [7, 11) is 0. The lowest BCUT2D eigenvalue weighted by Gasteiger charge is -2.09. The average Bonchev–Trinajstić information content (AvgIpc) is 2.66. The van der Waals surface area contributed by atoms with E-state index in [1.165, 1.54) is 6.07 Å². The summed E-state index contributed by atoms with van der Waals surface area (Å²) in [6.07, 6.45) is 0. The Morgan fingerprint density at radius 2 is 1.93 bits per heavy atom. The van der Waals surface area contributed by atoms with Gasteiger partial charge in [-0.25, -0.2) is 4.79 Å². The number of carbonyl (C=O) groups excluding carboxylic acids is 1. The first-order valence-electron chi connectivity index (χ1n) is 8.91. The first kappa shape index (κ1) is 18.6. The largest absolute Gasteiger partial charge is 0.328 e. The van der Waals surface area contributed by atoms with Gasteiger partial charge in [-0.3, -0.25) is 14.2 Å². The Labute approximate surface area is 156 Å². The van der Waals surface area contributed by atoms with Crippen molar-refractivity contribution in [2.45, 2.75) is 26.9 Å². The third kappa shape index (κ3) is 3.98. The lowest BCUT2D eigenvalue weighted by Crippen LogP contribution is -2.34. The second-order valence-electron chi connectivity index (χ2n) is 6.17. The molecule has 0 radical (unpaired) electrons. The highest BCUT2D eigenvalue weighted by molar-refractivity contribution is 6.06. The molecule has 0 aliphatic heterocycles. The number of anilines is 1. The first-order valence-corrected chi connectivity index (χ1v) is 8.91. The zero-order chi connectivity index (χ0) is 19.4. The van der Waals surface area contributed by atoms with E-state index in [9.17, 15) is 14.4 Å². The third-order valence-electron chi connectivity index (χ3n) is 4.32. The lowest BCUT2D eigenvalue weighted by molar-refractivity contribution is 0.102. The molecule has 0 fully saturated rings. The molecule has 0 unspecified atom stereocenters. The second-order valence-corrected chi connectivity index (χ2v) is 6.17. The number of amides is 1. The molecular weight excluding hydrogens is 344 g/mol. The Morgan fingerprint density at radius 1 is 1.11 bits per heavy atom. The summed E-state index contributed by atoms with van der Waals surface area (Å²) in [5, 5.41) is 6.46. The van der Waals surface area contributed by atoms with Crippen molar-refractivity contribution in [1.82, 2.24) is 14.9 Å². The van der Waals surface area contributed by atoms with Gasteiger partial charge in [-0.05, 0) is 49.4 Å². The number of hydrogen-bond acceptors (Lipinski definition) is 4. The van der Waals surface area contributed by atoms with Gasteiger partial charge in [0, 0.05) is 24.3 Å². The van der Waals surface area contributed by atoms with Gasteiger partial charge in [-0.15, -0.1) is 0 Å². The van der Waals surface area contributed by atoms with Gasteiger partial charge >= 0.3 is 5.69 Å². The van der Waals surface area contributed by atoms with Crippen molar-refractivity contribution in [2.24, 2.45) is 0 Å². The van der Waals surface area contributed by atoms with Crippen LogP contribution in [0, 0.1) is 0 Å². The predicted molar refractivity (Wildman–Crippen MR) is 106 cm³/mol. The van der Waals surface area contributed by atoms with E-state index in [4.69, 9.17) is 0 Å². The maximum atomic E-state index is 12.6. The normalized spacial score (nSPS) is 10.9. The van der Waals surface area contributed by atoms with Gasteiger partial charge in [0.15, 0.2) is 0 Å². The van der Waals surface area contributed by atoms with Crippen LogP contribution in [0.15, 0.2) is 52.1 Å². The third-order valence-corrected chi connectivity index (χ3v) is 4.32. The van der Waals surface area contributed by atoms with Gasteiger partial charge in [0.05, 0.1) is 10.9 Å². The van der Waals surface area contributed by atoms with Crippen LogP contribution in [0.5, 0.6) is 0 Å². The van der Waals surface area contributed by atoms with Crippen LogP contribution >= 0.6 is 0 Å². The molecule has 0 saturated carbocycles. The van der Waals surface area contributed by atoms with E-state index in [1.54, 1.807) is 19.1 Å². The molecule has 3 rings (SSSR count). The quantitative estimate of drug-likeness (QED) is 0.622. The monoisotopic (exact) mass is 366 g/mol. The highest BCUT2D eigenvalue weighted by Crippen LogP contribution is 2.14. The number of carbonyl (C=O) groups is 1. The zero-order valence-electron chi connectivity index (χ0n) is 15.3. The molecule has 7 nitrogen and oxygen atoms in total. The Morgan fingerprint density at radius 3 is 2.67 bits per heavy atom. The Kier molecular flexibility index (Phi) is 5.52. The van der Waals surface area contributed by atoms with E-state index in [-0.39, 0.29) is 18.0 Å². The van der Waals surface area contributed by atoms with E-state index < -0.39 is 5.69 Å². The van der Waals surface area contributed by atoms with Gasteiger partial charge in [-0.1, -0.05) is 19.1 Å². The minimum Gasteiger partial charge on any atom is -0.322 e. The molecule has 7 heteroatoms. The van der Waals surface area contributed by atoms with Crippen LogP contribution in [0.2, 0.25) is 0 Å². The lowest BCUT2D eigenvalue weighted by atomic mass is 10.1. The highest BCUT2D eigenvalue weighted by Gasteiger charge is 2.11. The van der Waals surface area contributed by atoms with Crippen LogP contribution in [0.4, 0.5) is 5.69 Å². The highest BCUT2D eigenvalue weighted by atomic mass is 16.2. The topological polar surface area (TPSA) is 96.0 Å². The molecule has 140 valence electrons. The fraction of sp³-hybridized carbons (Fsp3) is 0.250. The molecule has 0 spiro atoms. The number of benzene rings is 2. The summed E-state index contributed by atoms with van der Waals surface area (Å²) in [5.74, 6) is -0.307. The van der Waals surface area contributed by atoms with E-state index in [0.717, 1.165) is 23.2 Å². The van der Waals surface area contributed by atoms with Gasteiger partial charge in [0.2, 0.25) is 0 Å². The summed E-state index contributed by atoms with van der Waals surface area (Å²) in [6, 6.07) is 12.3. The molecule has 2 aromatic carbocycles. The van der Waals surface area contributed by atoms with Gasteiger partial charge in [-0.2, -0.15) is 0 Å². The molecule has 0 bridgehead atoms. The Bertz CT molecular complexity index is 1100. The standard InChI is InChI=1S/C20H22N4O3/c1-3-21-12-13-6-5-7-15(10-13)22-18(25)14-8-9-16-17(11-14)23-20(27)24(4-2)19(16)26/h5-11,21H,3-4,12H2,1-2H3,(H,22,25)(H,23,27). The second kappa shape index (κ2) is 8.01. The van der Waals surface area contributed by atoms with Crippen LogP contribution in [0.25, 0.3) is 10.9 Å². The number of H-pyrrole nitrogens is 1. The molecule has 3 N–H and O–H groups in total. The van der Waals surface area contributed by atoms with Crippen molar-refractivity contribution in [1.29, 1.82) is 0 Å². The van der Waals surface area contributed by atoms with Crippen molar-refractivity contribution in [3.05, 3.63) is 74.4 Å². The summed E-state index contributed by atoms with van der Waals surface area (Å²) in [5.41, 5.74) is 1.62. The van der Waals surface area contributed by atoms with Gasteiger partial charge in [0.25, 0.3) is 11.5 Å². The molecule has 0 atom stereocenters. The molecule has 1 amide bonds. The smallest absolute Gasteiger partial charge is 0.322 e. The number of hydrogen-bond donors (Lipinski definition) is 3. The number of aromatic amines is 1. The van der Waals surface area contributed by atoms with E-state index in [0.29, 0.717) is 22.2 Å². The molecule has 0 saturated heterocycles. The van der Waals surface area contributed by atoms with Crippen molar-refractivity contribution in [3.63, 3.8) is 0 Å². The van der Waals surface area contributed by atoms with E-state index in [1.807, 2.05) is 31.2 Å². The van der Waals surface area contributed by atoms with Crippen LogP contribution in [-0.2, 0) is 13.1 Å². The van der Waals surface area contributed by atoms with Crippen molar-refractivity contribution in [2.75, 3.05) is 11.9 Å². The van der Waals surface area contributed by atoms with Crippen LogP contribution in [0.1, 0.15) is 29.8 Å². The first-order chi connectivity index (χ1) is 13.0. The summed E-state index contributed by atoms with van der Waals surface area (Å²) < 4.78 is 1.12. The summed E-state index contributed by atoms with van der Waals surface area (Å²) >= 11 is 0. The van der Waals surface area contributed by atoms with Crippen LogP contribution < -0.4 is 21.9 Å². The molecule has 3 aromatic rings. The average molecular weight is 366 g/mol. The fourth-order valence-electron chi connectivity index (χ4n) is 2.91. The Balaban J connectivity index is 1.88. The number of fused-ring (bicyclic) bond motifs is 1. The number of nitrogens with zero attached hydrogens (tertiary/aromatic N) is 1. The summed E-state index contributed by atoms with van der Waals surface area (Å²) in [4.78, 5) is 39.5. The van der Waals surface area contributed by atoms with Crippen molar-refractivity contribution >= 4 is 22.5 Å². The zero-order valence-corrected chi connectivity index (χ0v) is 15.3. The van der Waals surface area contributed by atoms with Gasteiger partial charge in [0.1, 0.15) is 0 Å². The molecule has 0 aliphatic carbocycles. The number of nitrogens with one attached hydrogen (secondary N) is 3. The van der Waals surface area contributed by atoms with E-state index >= 15 is 0 Å². The maximum Gasteiger partial charge on any atom is 0.328 e. The predicted octanol–water partition coefficient (Wildman–Crippen LogP) is 2.07. The maximum absolute atomic E-state index is 12.6. The minimum atomic E-state index is -0.483. The van der Waals surface area contributed by atoms with Crippen LogP contribution in [-0.4, -0.2) is 22.0 Å². The molecule has 1 heterocycles. The van der Waals surface area contributed by atoms with Crippen molar-refractivity contribution < 1.29 is 4.79 Å². The SMILES string of the molecule is CCNCc1cccc(NC(=O)c2ccc3c(=O)n(CC)c(=O)[nH]c3c2)c1. The Hall–Kier alpha value is -3.19. The molecular formula is C20H22N4O3. The molecule has 0 aliphatic rings. The minimum absolute atomic E-state index is 0.287. The van der Waals surface area contributed by atoms with E-state index in [2.05, 4.69) is 15.6 Å². The summed E-state index contributed by atoms with van der Waals surface area (Å²) in [6.45, 7) is 5.64. The van der Waals surface area contributed by atoms with Crippen molar-refractivity contribution in [3.8, 4) is 0 Å². The molecule has 27 heavy (non-hydrogen) atoms. The number of rotatable bonds is 6. The molecule has 1 aromatic heterocycles. The number of aromatic nitrogens is 2. The van der Waals surface area contributed by atoms with Gasteiger partial charge < -0.3 is 15.6 Å². The van der Waals surface area contributed by atoms with Crippen LogP contribution in [0.3, 0.4) is 0 Å². The fourth-order valence-corrected chi connectivity index (χ4v) is 2.91.